The number of hydrogen-bond acceptors (Lipinski definition) is 4. The zero-order chi connectivity index (χ0) is 14.4. The Kier molecular flexibility index (Phi) is 5.44. The highest BCUT2D eigenvalue weighted by molar-refractivity contribution is 5.95. The van der Waals surface area contributed by atoms with Crippen LogP contribution in [0, 0.1) is 5.82 Å². The van der Waals surface area contributed by atoms with Crippen LogP contribution in [0.15, 0.2) is 23.3 Å². The summed E-state index contributed by atoms with van der Waals surface area (Å²) in [5.74, 6) is -0.947. The SMILES string of the molecule is CC(=O)c1ccc(F)cc1C(O)C(O)CCN=[N+]=[N-]. The van der Waals surface area contributed by atoms with Gasteiger partial charge in [-0.3, -0.25) is 4.79 Å². The molecular formula is C12H14FN3O3. The number of aliphatic hydroxyl groups is 2. The number of carbonyl (C=O) groups is 1. The molecule has 0 amide bonds. The van der Waals surface area contributed by atoms with Gasteiger partial charge in [-0.25, -0.2) is 4.39 Å². The van der Waals surface area contributed by atoms with Crippen molar-refractivity contribution < 1.29 is 19.4 Å². The number of Topliss-reactive ketones (excluding diaryl/α,β-unsaturated/α-hetero) is 1. The minimum atomic E-state index is -1.41. The first-order valence-electron chi connectivity index (χ1n) is 5.64. The first-order valence-corrected chi connectivity index (χ1v) is 5.64. The Morgan fingerprint density at radius 3 is 2.79 bits per heavy atom. The molecule has 0 saturated heterocycles. The van der Waals surface area contributed by atoms with Crippen molar-refractivity contribution in [1.82, 2.24) is 0 Å². The van der Waals surface area contributed by atoms with Crippen LogP contribution < -0.4 is 0 Å². The number of ketones is 1. The normalized spacial score (nSPS) is 13.5. The van der Waals surface area contributed by atoms with Crippen LogP contribution >= 0.6 is 0 Å². The maximum atomic E-state index is 13.2. The van der Waals surface area contributed by atoms with Crippen LogP contribution in [-0.4, -0.2) is 28.6 Å². The fourth-order valence-electron chi connectivity index (χ4n) is 1.70. The Balaban J connectivity index is 2.96. The summed E-state index contributed by atoms with van der Waals surface area (Å²) in [7, 11) is 0. The minimum Gasteiger partial charge on any atom is -0.390 e. The number of hydrogen-bond donors (Lipinski definition) is 2. The van der Waals surface area contributed by atoms with E-state index in [2.05, 4.69) is 10.0 Å². The lowest BCUT2D eigenvalue weighted by Gasteiger charge is -2.19. The highest BCUT2D eigenvalue weighted by Crippen LogP contribution is 2.24. The molecule has 1 aromatic carbocycles. The number of halogens is 1. The molecule has 2 unspecified atom stereocenters. The van der Waals surface area contributed by atoms with Crippen molar-refractivity contribution in [2.24, 2.45) is 5.11 Å². The molecule has 6 nitrogen and oxygen atoms in total. The Hall–Kier alpha value is -1.95. The number of nitrogens with zero attached hydrogens (tertiary/aromatic N) is 3. The molecule has 0 heterocycles. The van der Waals surface area contributed by atoms with Gasteiger partial charge in [0.15, 0.2) is 5.78 Å². The number of rotatable bonds is 6. The quantitative estimate of drug-likeness (QED) is 0.357. The van der Waals surface area contributed by atoms with Crippen molar-refractivity contribution in [3.63, 3.8) is 0 Å². The predicted octanol–water partition coefficient (Wildman–Crippen LogP) is 2.12. The van der Waals surface area contributed by atoms with Gasteiger partial charge in [-0.1, -0.05) is 5.11 Å². The van der Waals surface area contributed by atoms with E-state index >= 15 is 0 Å². The van der Waals surface area contributed by atoms with Gasteiger partial charge in [0.1, 0.15) is 11.9 Å². The van der Waals surface area contributed by atoms with Crippen LogP contribution in [0.3, 0.4) is 0 Å². The molecule has 0 saturated carbocycles. The first-order chi connectivity index (χ1) is 8.97. The Bertz CT molecular complexity index is 515. The molecule has 19 heavy (non-hydrogen) atoms. The maximum Gasteiger partial charge on any atom is 0.160 e. The van der Waals surface area contributed by atoms with Gasteiger partial charge in [-0.15, -0.1) is 0 Å². The maximum absolute atomic E-state index is 13.2. The van der Waals surface area contributed by atoms with E-state index in [0.717, 1.165) is 12.1 Å². The number of aliphatic hydroxyl groups excluding tert-OH is 2. The van der Waals surface area contributed by atoms with Gasteiger partial charge in [-0.2, -0.15) is 0 Å². The van der Waals surface area contributed by atoms with Crippen molar-refractivity contribution in [2.75, 3.05) is 6.54 Å². The van der Waals surface area contributed by atoms with Gasteiger partial charge in [-0.05, 0) is 42.6 Å². The smallest absolute Gasteiger partial charge is 0.160 e. The molecular weight excluding hydrogens is 253 g/mol. The summed E-state index contributed by atoms with van der Waals surface area (Å²) >= 11 is 0. The van der Waals surface area contributed by atoms with Crippen LogP contribution in [0.1, 0.15) is 35.4 Å². The molecule has 1 rings (SSSR count). The Morgan fingerprint density at radius 2 is 2.21 bits per heavy atom. The minimum absolute atomic E-state index is 0.000548. The van der Waals surface area contributed by atoms with Crippen molar-refractivity contribution in [2.45, 2.75) is 25.6 Å². The van der Waals surface area contributed by atoms with Crippen LogP contribution in [0.2, 0.25) is 0 Å². The van der Waals surface area contributed by atoms with Crippen LogP contribution in [0.25, 0.3) is 10.4 Å². The topological polar surface area (TPSA) is 106 Å². The summed E-state index contributed by atoms with van der Waals surface area (Å²) in [6.45, 7) is 1.29. The average molecular weight is 267 g/mol. The van der Waals surface area contributed by atoms with Crippen molar-refractivity contribution in [3.8, 4) is 0 Å². The molecule has 2 atom stereocenters. The van der Waals surface area contributed by atoms with Crippen LogP contribution in [-0.2, 0) is 0 Å². The second kappa shape index (κ2) is 6.84. The standard InChI is InChI=1S/C12H14FN3O3/c1-7(17)9-3-2-8(13)6-10(9)12(19)11(18)4-5-15-16-14/h2-3,6,11-12,18-19H,4-5H2,1H3. The van der Waals surface area contributed by atoms with Crippen molar-refractivity contribution in [1.29, 1.82) is 0 Å². The van der Waals surface area contributed by atoms with E-state index in [1.165, 1.54) is 13.0 Å². The lowest BCUT2D eigenvalue weighted by Crippen LogP contribution is -2.21. The molecule has 2 N–H and O–H groups in total. The summed E-state index contributed by atoms with van der Waals surface area (Å²) in [6, 6.07) is 3.38. The van der Waals surface area contributed by atoms with E-state index in [-0.39, 0.29) is 29.9 Å². The Morgan fingerprint density at radius 1 is 1.53 bits per heavy atom. The van der Waals surface area contributed by atoms with E-state index in [0.29, 0.717) is 0 Å². The predicted molar refractivity (Wildman–Crippen MR) is 66.0 cm³/mol. The molecule has 7 heteroatoms. The number of benzene rings is 1. The molecule has 0 radical (unpaired) electrons. The largest absolute Gasteiger partial charge is 0.390 e. The third-order valence-corrected chi connectivity index (χ3v) is 2.66. The molecule has 0 aliphatic heterocycles. The fraction of sp³-hybridized carbons (Fsp3) is 0.417. The molecule has 1 aromatic rings. The Labute approximate surface area is 109 Å². The molecule has 0 aliphatic rings. The number of azide groups is 1. The van der Waals surface area contributed by atoms with E-state index in [1.807, 2.05) is 0 Å². The molecule has 0 bridgehead atoms. The number of carbonyl (C=O) groups excluding carboxylic acids is 1. The van der Waals surface area contributed by atoms with Gasteiger partial charge in [0, 0.05) is 17.0 Å². The molecule has 0 aliphatic carbocycles. The van der Waals surface area contributed by atoms with Gasteiger partial charge in [0.05, 0.1) is 6.10 Å². The lowest BCUT2D eigenvalue weighted by atomic mass is 9.95. The van der Waals surface area contributed by atoms with E-state index in [4.69, 9.17) is 5.53 Å². The third-order valence-electron chi connectivity index (χ3n) is 2.66. The third kappa shape index (κ3) is 4.03. The first kappa shape index (κ1) is 15.1. The highest BCUT2D eigenvalue weighted by atomic mass is 19.1. The summed E-state index contributed by atoms with van der Waals surface area (Å²) in [5, 5.41) is 22.9. The second-order valence-electron chi connectivity index (χ2n) is 4.04. The van der Waals surface area contributed by atoms with Gasteiger partial charge in [0.25, 0.3) is 0 Å². The zero-order valence-electron chi connectivity index (χ0n) is 10.3. The van der Waals surface area contributed by atoms with Crippen molar-refractivity contribution >= 4 is 5.78 Å². The van der Waals surface area contributed by atoms with E-state index in [9.17, 15) is 19.4 Å². The van der Waals surface area contributed by atoms with Crippen molar-refractivity contribution in [3.05, 3.63) is 45.6 Å². The molecule has 102 valence electrons. The fourth-order valence-corrected chi connectivity index (χ4v) is 1.70. The zero-order valence-corrected chi connectivity index (χ0v) is 10.3. The van der Waals surface area contributed by atoms with Crippen LogP contribution in [0.5, 0.6) is 0 Å². The van der Waals surface area contributed by atoms with Crippen LogP contribution in [0.4, 0.5) is 4.39 Å². The van der Waals surface area contributed by atoms with Gasteiger partial charge >= 0.3 is 0 Å². The molecule has 0 aromatic heterocycles. The lowest BCUT2D eigenvalue weighted by molar-refractivity contribution is 0.0144. The van der Waals surface area contributed by atoms with Gasteiger partial charge < -0.3 is 10.2 Å². The molecule has 0 fully saturated rings. The molecule has 0 spiro atoms. The second-order valence-corrected chi connectivity index (χ2v) is 4.04. The summed E-state index contributed by atoms with van der Waals surface area (Å²) < 4.78 is 13.2. The summed E-state index contributed by atoms with van der Waals surface area (Å²) in [6.07, 6.45) is -2.65. The van der Waals surface area contributed by atoms with Gasteiger partial charge in [0.2, 0.25) is 0 Å². The monoisotopic (exact) mass is 267 g/mol. The van der Waals surface area contributed by atoms with E-state index < -0.39 is 18.0 Å². The highest BCUT2D eigenvalue weighted by Gasteiger charge is 2.22. The summed E-state index contributed by atoms with van der Waals surface area (Å²) in [4.78, 5) is 13.9. The van der Waals surface area contributed by atoms with E-state index in [1.54, 1.807) is 0 Å². The average Bonchev–Trinajstić information content (AvgIpc) is 2.37. The summed E-state index contributed by atoms with van der Waals surface area (Å²) in [5.41, 5.74) is 8.29.